The Kier molecular flexibility index (Phi) is 8.72. The molecule has 0 aliphatic rings. The first kappa shape index (κ1) is 27.2. The monoisotopic (exact) mass is 489 g/mol. The number of nitrogens with zero attached hydrogens (tertiary/aromatic N) is 2. The summed E-state index contributed by atoms with van der Waals surface area (Å²) in [4.78, 5) is 27.9. The van der Waals surface area contributed by atoms with E-state index in [0.717, 1.165) is 21.7 Å². The standard InChI is InChI=1S/C25H35N3O5S/c1-18-11-8-9-14-22(18)28(34(7,31)32)17-23(29)27(19(2)24(30)26-25(3,4)5)16-20-12-10-13-21(15-20)33-6/h8-15,19H,16-17H2,1-7H3,(H,26,30)/t19-/m1/s1. The van der Waals surface area contributed by atoms with Crippen molar-refractivity contribution in [1.29, 1.82) is 0 Å². The molecule has 0 heterocycles. The van der Waals surface area contributed by atoms with E-state index < -0.39 is 34.1 Å². The summed E-state index contributed by atoms with van der Waals surface area (Å²) in [6.45, 7) is 8.67. The minimum atomic E-state index is -3.76. The Morgan fingerprint density at radius 2 is 1.74 bits per heavy atom. The summed E-state index contributed by atoms with van der Waals surface area (Å²) in [5.41, 5.74) is 1.41. The highest BCUT2D eigenvalue weighted by Gasteiger charge is 2.31. The number of hydrogen-bond donors (Lipinski definition) is 1. The molecule has 9 heteroatoms. The molecule has 186 valence electrons. The average molecular weight is 490 g/mol. The van der Waals surface area contributed by atoms with Crippen molar-refractivity contribution in [2.75, 3.05) is 24.2 Å². The van der Waals surface area contributed by atoms with Gasteiger partial charge < -0.3 is 15.0 Å². The number of benzene rings is 2. The first-order valence-corrected chi connectivity index (χ1v) is 12.9. The smallest absolute Gasteiger partial charge is 0.244 e. The van der Waals surface area contributed by atoms with Crippen LogP contribution in [0.25, 0.3) is 0 Å². The molecule has 0 radical (unpaired) electrons. The zero-order valence-electron chi connectivity index (χ0n) is 21.0. The van der Waals surface area contributed by atoms with E-state index in [1.165, 1.54) is 4.90 Å². The SMILES string of the molecule is COc1cccc(CN(C(=O)CN(c2ccccc2C)S(C)(=O)=O)[C@H](C)C(=O)NC(C)(C)C)c1. The van der Waals surface area contributed by atoms with Crippen LogP contribution in [0.2, 0.25) is 0 Å². The molecule has 0 saturated heterocycles. The van der Waals surface area contributed by atoms with E-state index in [4.69, 9.17) is 4.74 Å². The summed E-state index contributed by atoms with van der Waals surface area (Å²) >= 11 is 0. The lowest BCUT2D eigenvalue weighted by Crippen LogP contribution is -2.54. The Labute approximate surface area is 202 Å². The van der Waals surface area contributed by atoms with Gasteiger partial charge in [0.25, 0.3) is 0 Å². The molecule has 0 aliphatic heterocycles. The van der Waals surface area contributed by atoms with Crippen molar-refractivity contribution in [3.63, 3.8) is 0 Å². The lowest BCUT2D eigenvalue weighted by Gasteiger charge is -2.33. The minimum absolute atomic E-state index is 0.111. The van der Waals surface area contributed by atoms with Crippen LogP contribution in [-0.4, -0.2) is 56.6 Å². The highest BCUT2D eigenvalue weighted by atomic mass is 32.2. The van der Waals surface area contributed by atoms with Crippen molar-refractivity contribution in [1.82, 2.24) is 10.2 Å². The van der Waals surface area contributed by atoms with E-state index in [9.17, 15) is 18.0 Å². The molecule has 2 aromatic carbocycles. The van der Waals surface area contributed by atoms with Crippen LogP contribution >= 0.6 is 0 Å². The molecule has 1 N–H and O–H groups in total. The number of anilines is 1. The maximum absolute atomic E-state index is 13.6. The number of carbonyl (C=O) groups is 2. The molecule has 8 nitrogen and oxygen atoms in total. The third-order valence-electron chi connectivity index (χ3n) is 5.22. The fourth-order valence-electron chi connectivity index (χ4n) is 3.46. The Morgan fingerprint density at radius 1 is 1.09 bits per heavy atom. The van der Waals surface area contributed by atoms with Gasteiger partial charge in [-0.25, -0.2) is 8.42 Å². The molecular weight excluding hydrogens is 454 g/mol. The van der Waals surface area contributed by atoms with Crippen LogP contribution in [0.3, 0.4) is 0 Å². The lowest BCUT2D eigenvalue weighted by molar-refractivity contribution is -0.140. The van der Waals surface area contributed by atoms with Crippen molar-refractivity contribution in [3.8, 4) is 5.75 Å². The van der Waals surface area contributed by atoms with Gasteiger partial charge in [-0.1, -0.05) is 30.3 Å². The normalized spacial score (nSPS) is 12.6. The van der Waals surface area contributed by atoms with Gasteiger partial charge in [-0.2, -0.15) is 0 Å². The molecule has 34 heavy (non-hydrogen) atoms. The number of carbonyl (C=O) groups excluding carboxylic acids is 2. The number of methoxy groups -OCH3 is 1. The third-order valence-corrected chi connectivity index (χ3v) is 6.34. The summed E-state index contributed by atoms with van der Waals surface area (Å²) < 4.78 is 31.6. The Balaban J connectivity index is 2.43. The summed E-state index contributed by atoms with van der Waals surface area (Å²) in [5, 5.41) is 2.90. The number of rotatable bonds is 9. The number of hydrogen-bond acceptors (Lipinski definition) is 5. The number of ether oxygens (including phenoxy) is 1. The van der Waals surface area contributed by atoms with E-state index >= 15 is 0 Å². The molecule has 0 unspecified atom stereocenters. The maximum Gasteiger partial charge on any atom is 0.244 e. The van der Waals surface area contributed by atoms with E-state index in [2.05, 4.69) is 5.32 Å². The summed E-state index contributed by atoms with van der Waals surface area (Å²) in [6, 6.07) is 13.3. The van der Waals surface area contributed by atoms with Gasteiger partial charge in [-0.15, -0.1) is 0 Å². The second-order valence-corrected chi connectivity index (χ2v) is 11.3. The summed E-state index contributed by atoms with van der Waals surface area (Å²) in [5.74, 6) is -0.201. The van der Waals surface area contributed by atoms with Crippen molar-refractivity contribution >= 4 is 27.5 Å². The maximum atomic E-state index is 13.6. The molecule has 1 atom stereocenters. The number of aryl methyl sites for hydroxylation is 1. The number of sulfonamides is 1. The Morgan fingerprint density at radius 3 is 2.29 bits per heavy atom. The van der Waals surface area contributed by atoms with Crippen LogP contribution in [0.1, 0.15) is 38.8 Å². The van der Waals surface area contributed by atoms with Crippen LogP contribution in [0, 0.1) is 6.92 Å². The van der Waals surface area contributed by atoms with Crippen LogP contribution in [-0.2, 0) is 26.2 Å². The predicted octanol–water partition coefficient (Wildman–Crippen LogP) is 3.10. The van der Waals surface area contributed by atoms with Crippen LogP contribution < -0.4 is 14.4 Å². The molecule has 0 bridgehead atoms. The van der Waals surface area contributed by atoms with Crippen LogP contribution in [0.4, 0.5) is 5.69 Å². The second-order valence-electron chi connectivity index (χ2n) is 9.34. The van der Waals surface area contributed by atoms with Gasteiger partial charge in [0, 0.05) is 12.1 Å². The minimum Gasteiger partial charge on any atom is -0.497 e. The van der Waals surface area contributed by atoms with E-state index in [1.807, 2.05) is 26.8 Å². The van der Waals surface area contributed by atoms with Crippen LogP contribution in [0.15, 0.2) is 48.5 Å². The molecule has 2 amide bonds. The second kappa shape index (κ2) is 10.9. The molecular formula is C25H35N3O5S. The number of nitrogens with one attached hydrogen (secondary N) is 1. The highest BCUT2D eigenvalue weighted by Crippen LogP contribution is 2.23. The lowest BCUT2D eigenvalue weighted by atomic mass is 10.1. The summed E-state index contributed by atoms with van der Waals surface area (Å²) in [7, 11) is -2.21. The zero-order chi connectivity index (χ0) is 25.7. The first-order chi connectivity index (χ1) is 15.7. The average Bonchev–Trinajstić information content (AvgIpc) is 2.74. The first-order valence-electron chi connectivity index (χ1n) is 11.0. The zero-order valence-corrected chi connectivity index (χ0v) is 21.8. The largest absolute Gasteiger partial charge is 0.497 e. The van der Waals surface area contributed by atoms with Gasteiger partial charge >= 0.3 is 0 Å². The van der Waals surface area contributed by atoms with Gasteiger partial charge in [0.05, 0.1) is 19.1 Å². The molecule has 0 aromatic heterocycles. The Bertz CT molecular complexity index is 1130. The predicted molar refractivity (Wildman–Crippen MR) is 134 cm³/mol. The topological polar surface area (TPSA) is 96.0 Å². The Hall–Kier alpha value is -3.07. The van der Waals surface area contributed by atoms with Crippen molar-refractivity contribution < 1.29 is 22.7 Å². The van der Waals surface area contributed by atoms with E-state index in [0.29, 0.717) is 11.4 Å². The molecule has 0 saturated carbocycles. The number of amides is 2. The third kappa shape index (κ3) is 7.48. The molecule has 0 fully saturated rings. The molecule has 2 aromatic rings. The fourth-order valence-corrected chi connectivity index (χ4v) is 4.37. The fraction of sp³-hybridized carbons (Fsp3) is 0.440. The van der Waals surface area contributed by atoms with Gasteiger partial charge in [0.2, 0.25) is 21.8 Å². The van der Waals surface area contributed by atoms with Crippen molar-refractivity contribution in [2.24, 2.45) is 0 Å². The molecule has 0 spiro atoms. The van der Waals surface area contributed by atoms with Crippen molar-refractivity contribution in [3.05, 3.63) is 59.7 Å². The summed E-state index contributed by atoms with van der Waals surface area (Å²) in [6.07, 6.45) is 1.06. The van der Waals surface area contributed by atoms with Gasteiger partial charge in [-0.05, 0) is 63.9 Å². The van der Waals surface area contributed by atoms with Crippen LogP contribution in [0.5, 0.6) is 5.75 Å². The number of para-hydroxylation sites is 1. The molecule has 0 aliphatic carbocycles. The van der Waals surface area contributed by atoms with E-state index in [1.54, 1.807) is 63.4 Å². The van der Waals surface area contributed by atoms with Gasteiger partial charge in [0.1, 0.15) is 18.3 Å². The van der Waals surface area contributed by atoms with E-state index in [-0.39, 0.29) is 12.5 Å². The molecule has 2 rings (SSSR count). The van der Waals surface area contributed by atoms with Gasteiger partial charge in [0.15, 0.2) is 0 Å². The van der Waals surface area contributed by atoms with Gasteiger partial charge in [-0.3, -0.25) is 13.9 Å². The van der Waals surface area contributed by atoms with Crippen molar-refractivity contribution in [2.45, 2.75) is 52.7 Å². The highest BCUT2D eigenvalue weighted by molar-refractivity contribution is 7.92. The quantitative estimate of drug-likeness (QED) is 0.584.